The monoisotopic (exact) mass is 150 g/mol. The molecule has 0 heteroatoms. The van der Waals surface area contributed by atoms with E-state index in [0.29, 0.717) is 0 Å². The molecule has 1 atom stereocenters. The fourth-order valence-electron chi connectivity index (χ4n) is 2.73. The van der Waals surface area contributed by atoms with Crippen LogP contribution in [0.2, 0.25) is 0 Å². The van der Waals surface area contributed by atoms with Crippen LogP contribution in [-0.4, -0.2) is 0 Å². The predicted molar refractivity (Wildman–Crippen MR) is 48.4 cm³/mol. The summed E-state index contributed by atoms with van der Waals surface area (Å²) in [6.07, 6.45) is 11.3. The van der Waals surface area contributed by atoms with Gasteiger partial charge in [0.05, 0.1) is 0 Å². The summed E-state index contributed by atoms with van der Waals surface area (Å²) in [5.41, 5.74) is 1.76. The maximum absolute atomic E-state index is 2.35. The van der Waals surface area contributed by atoms with Gasteiger partial charge in [0.2, 0.25) is 0 Å². The van der Waals surface area contributed by atoms with Gasteiger partial charge in [-0.3, -0.25) is 0 Å². The van der Waals surface area contributed by atoms with Crippen molar-refractivity contribution in [3.63, 3.8) is 0 Å². The van der Waals surface area contributed by atoms with Crippen molar-refractivity contribution in [2.45, 2.75) is 45.4 Å². The average Bonchev–Trinajstić information content (AvgIpc) is 2.39. The molecule has 0 aromatic carbocycles. The lowest BCUT2D eigenvalue weighted by atomic mass is 9.71. The third-order valence-electron chi connectivity index (χ3n) is 3.56. The minimum Gasteiger partial charge on any atom is -0.0882 e. The highest BCUT2D eigenvalue weighted by Crippen LogP contribution is 2.45. The Kier molecular flexibility index (Phi) is 2.02. The van der Waals surface area contributed by atoms with Gasteiger partial charge in [-0.2, -0.15) is 0 Å². The molecule has 1 unspecified atom stereocenters. The van der Waals surface area contributed by atoms with Gasteiger partial charge >= 0.3 is 0 Å². The lowest BCUT2D eigenvalue weighted by Crippen LogP contribution is -2.22. The third-order valence-corrected chi connectivity index (χ3v) is 3.56. The van der Waals surface area contributed by atoms with Crippen LogP contribution in [0.5, 0.6) is 0 Å². The maximum atomic E-state index is 2.35. The molecule has 0 aliphatic heterocycles. The van der Waals surface area contributed by atoms with E-state index in [4.69, 9.17) is 0 Å². The summed E-state index contributed by atoms with van der Waals surface area (Å²) in [5, 5.41) is 0. The number of allylic oxidation sites excluding steroid dienone is 2. The Morgan fingerprint density at radius 1 is 1.18 bits per heavy atom. The molecule has 0 aromatic rings. The van der Waals surface area contributed by atoms with Crippen molar-refractivity contribution in [3.05, 3.63) is 11.6 Å². The highest BCUT2D eigenvalue weighted by Gasteiger charge is 2.32. The van der Waals surface area contributed by atoms with Crippen molar-refractivity contribution in [3.8, 4) is 0 Å². The number of rotatable bonds is 1. The normalized spacial score (nSPS) is 36.1. The van der Waals surface area contributed by atoms with E-state index >= 15 is 0 Å². The van der Waals surface area contributed by atoms with Gasteiger partial charge in [0.25, 0.3) is 0 Å². The van der Waals surface area contributed by atoms with Crippen LogP contribution in [0.25, 0.3) is 0 Å². The Hall–Kier alpha value is -0.260. The molecule has 0 heterocycles. The predicted octanol–water partition coefficient (Wildman–Crippen LogP) is 3.53. The van der Waals surface area contributed by atoms with E-state index in [9.17, 15) is 0 Å². The highest BCUT2D eigenvalue weighted by molar-refractivity contribution is 5.15. The molecule has 0 amide bonds. The van der Waals surface area contributed by atoms with Crippen LogP contribution < -0.4 is 0 Å². The summed E-state index contributed by atoms with van der Waals surface area (Å²) in [5.74, 6) is 2.09. The first-order valence-corrected chi connectivity index (χ1v) is 5.07. The van der Waals surface area contributed by atoms with Crippen molar-refractivity contribution in [2.24, 2.45) is 11.8 Å². The molecule has 0 bridgehead atoms. The van der Waals surface area contributed by atoms with E-state index in [1.165, 1.54) is 38.5 Å². The second kappa shape index (κ2) is 3.00. The van der Waals surface area contributed by atoms with Crippen LogP contribution in [0, 0.1) is 11.8 Å². The molecular formula is C11H18. The second-order valence-electron chi connectivity index (χ2n) is 4.05. The van der Waals surface area contributed by atoms with E-state index in [1.807, 2.05) is 0 Å². The summed E-state index contributed by atoms with van der Waals surface area (Å²) in [4.78, 5) is 0. The molecule has 11 heavy (non-hydrogen) atoms. The summed E-state index contributed by atoms with van der Waals surface area (Å²) in [6.45, 7) is 2.20. The van der Waals surface area contributed by atoms with Crippen LogP contribution >= 0.6 is 0 Å². The smallest absolute Gasteiger partial charge is 0.0172 e. The molecule has 0 aromatic heterocycles. The van der Waals surface area contributed by atoms with E-state index < -0.39 is 0 Å². The van der Waals surface area contributed by atoms with Crippen molar-refractivity contribution in [1.29, 1.82) is 0 Å². The van der Waals surface area contributed by atoms with Crippen LogP contribution in [0.1, 0.15) is 45.4 Å². The van der Waals surface area contributed by atoms with Crippen molar-refractivity contribution in [2.75, 3.05) is 0 Å². The average molecular weight is 150 g/mol. The Morgan fingerprint density at radius 3 is 2.36 bits per heavy atom. The van der Waals surface area contributed by atoms with Crippen molar-refractivity contribution in [1.82, 2.24) is 0 Å². The quantitative estimate of drug-likeness (QED) is 0.502. The van der Waals surface area contributed by atoms with Crippen LogP contribution in [0.15, 0.2) is 11.6 Å². The summed E-state index contributed by atoms with van der Waals surface area (Å²) >= 11 is 0. The summed E-state index contributed by atoms with van der Waals surface area (Å²) in [7, 11) is 0. The lowest BCUT2D eigenvalue weighted by Gasteiger charge is -2.35. The lowest BCUT2D eigenvalue weighted by molar-refractivity contribution is 0.297. The first-order chi connectivity index (χ1) is 5.42. The van der Waals surface area contributed by atoms with Gasteiger partial charge in [0.15, 0.2) is 0 Å². The molecular weight excluding hydrogens is 132 g/mol. The second-order valence-corrected chi connectivity index (χ2v) is 4.05. The minimum atomic E-state index is 1.02. The first kappa shape index (κ1) is 7.39. The van der Waals surface area contributed by atoms with Gasteiger partial charge in [-0.05, 0) is 44.4 Å². The molecule has 2 aliphatic carbocycles. The molecule has 2 saturated carbocycles. The Bertz CT molecular complexity index is 161. The van der Waals surface area contributed by atoms with Gasteiger partial charge in [-0.1, -0.05) is 24.5 Å². The molecule has 0 saturated heterocycles. The zero-order valence-corrected chi connectivity index (χ0v) is 7.47. The van der Waals surface area contributed by atoms with E-state index in [1.54, 1.807) is 5.57 Å². The Labute approximate surface area is 69.7 Å². The van der Waals surface area contributed by atoms with E-state index in [0.717, 1.165) is 11.8 Å². The molecule has 2 rings (SSSR count). The zero-order valence-electron chi connectivity index (χ0n) is 7.47. The molecule has 2 fully saturated rings. The largest absolute Gasteiger partial charge is 0.0882 e. The van der Waals surface area contributed by atoms with Gasteiger partial charge in [-0.15, -0.1) is 0 Å². The molecule has 0 N–H and O–H groups in total. The highest BCUT2D eigenvalue weighted by atomic mass is 14.4. The van der Waals surface area contributed by atoms with Crippen LogP contribution in [0.3, 0.4) is 0 Å². The molecule has 0 radical (unpaired) electrons. The minimum absolute atomic E-state index is 1.02. The zero-order chi connectivity index (χ0) is 7.68. The Balaban J connectivity index is 1.94. The SMILES string of the molecule is C/C=C1/CCC1C1CCCC1. The van der Waals surface area contributed by atoms with Crippen molar-refractivity contribution < 1.29 is 0 Å². The first-order valence-electron chi connectivity index (χ1n) is 5.07. The Morgan fingerprint density at radius 2 is 1.91 bits per heavy atom. The topological polar surface area (TPSA) is 0 Å². The standard InChI is InChI=1S/C11H18/c1-2-9-7-8-11(9)10-5-3-4-6-10/h2,10-11H,3-8H2,1H3/b9-2-. The fraction of sp³-hybridized carbons (Fsp3) is 0.818. The number of hydrogen-bond acceptors (Lipinski definition) is 0. The van der Waals surface area contributed by atoms with Gasteiger partial charge in [0.1, 0.15) is 0 Å². The van der Waals surface area contributed by atoms with Crippen LogP contribution in [0.4, 0.5) is 0 Å². The van der Waals surface area contributed by atoms with Gasteiger partial charge in [-0.25, -0.2) is 0 Å². The van der Waals surface area contributed by atoms with Gasteiger partial charge in [0, 0.05) is 0 Å². The van der Waals surface area contributed by atoms with Crippen LogP contribution in [-0.2, 0) is 0 Å². The van der Waals surface area contributed by atoms with E-state index in [-0.39, 0.29) is 0 Å². The molecule has 62 valence electrons. The molecule has 2 aliphatic rings. The molecule has 0 nitrogen and oxygen atoms in total. The van der Waals surface area contributed by atoms with Crippen molar-refractivity contribution >= 4 is 0 Å². The van der Waals surface area contributed by atoms with Gasteiger partial charge < -0.3 is 0 Å². The van der Waals surface area contributed by atoms with E-state index in [2.05, 4.69) is 13.0 Å². The summed E-state index contributed by atoms with van der Waals surface area (Å²) < 4.78 is 0. The molecule has 0 spiro atoms. The maximum Gasteiger partial charge on any atom is -0.0172 e. The number of hydrogen-bond donors (Lipinski definition) is 0. The summed E-state index contributed by atoms with van der Waals surface area (Å²) in [6, 6.07) is 0. The fourth-order valence-corrected chi connectivity index (χ4v) is 2.73. The third kappa shape index (κ3) is 1.23.